The quantitative estimate of drug-likeness (QED) is 0.369. The highest BCUT2D eigenvalue weighted by Gasteiger charge is 2.13. The molecule has 1 N–H and O–H groups in total. The molecule has 2 aromatic rings. The molecule has 1 aliphatic heterocycles. The Morgan fingerprint density at radius 3 is 2.81 bits per heavy atom. The Bertz CT molecular complexity index is 943. The van der Waals surface area contributed by atoms with Crippen LogP contribution in [0.4, 0.5) is 5.69 Å². The lowest BCUT2D eigenvalue weighted by Gasteiger charge is -2.25. The minimum atomic E-state index is -0.446. The molecule has 31 heavy (non-hydrogen) atoms. The second-order valence-electron chi connectivity index (χ2n) is 6.81. The van der Waals surface area contributed by atoms with E-state index in [9.17, 15) is 14.9 Å². The van der Waals surface area contributed by atoms with E-state index in [1.807, 2.05) is 4.90 Å². The number of nitrogens with one attached hydrogen (secondary N) is 1. The van der Waals surface area contributed by atoms with Crippen LogP contribution in [-0.4, -0.2) is 61.9 Å². The fourth-order valence-corrected chi connectivity index (χ4v) is 2.98. The molecule has 0 aliphatic carbocycles. The maximum atomic E-state index is 12.0. The number of nitrogens with zero attached hydrogens (tertiary/aromatic N) is 3. The van der Waals surface area contributed by atoms with Crippen LogP contribution in [0.3, 0.4) is 0 Å². The van der Waals surface area contributed by atoms with Crippen molar-refractivity contribution in [3.05, 3.63) is 63.7 Å². The third-order valence-corrected chi connectivity index (χ3v) is 4.58. The molecule has 1 saturated heterocycles. The number of hydrogen-bond acceptors (Lipinski definition) is 8. The summed E-state index contributed by atoms with van der Waals surface area (Å²) in [4.78, 5) is 24.4. The number of rotatable bonds is 9. The summed E-state index contributed by atoms with van der Waals surface area (Å²) in [5.41, 5.74) is 3.91. The second-order valence-corrected chi connectivity index (χ2v) is 6.81. The number of non-ortho nitro benzene ring substituents is 1. The highest BCUT2D eigenvalue weighted by molar-refractivity contribution is 5.83. The van der Waals surface area contributed by atoms with Crippen LogP contribution in [0.15, 0.2) is 47.6 Å². The SMILES string of the molecule is COc1cc(/C=N/NC(=O)CN2CCOCC2)ccc1OCc1cccc([N+](=O)[O-])c1. The van der Waals surface area contributed by atoms with E-state index in [1.54, 1.807) is 30.3 Å². The molecule has 1 amide bonds. The maximum Gasteiger partial charge on any atom is 0.269 e. The number of carbonyl (C=O) groups is 1. The molecule has 3 rings (SSSR count). The van der Waals surface area contributed by atoms with E-state index in [0.29, 0.717) is 35.8 Å². The zero-order chi connectivity index (χ0) is 22.1. The van der Waals surface area contributed by atoms with Gasteiger partial charge in [0.2, 0.25) is 0 Å². The van der Waals surface area contributed by atoms with E-state index in [2.05, 4.69) is 10.5 Å². The Hall–Kier alpha value is -3.50. The van der Waals surface area contributed by atoms with E-state index >= 15 is 0 Å². The second kappa shape index (κ2) is 11.0. The molecule has 0 unspecified atom stereocenters. The number of ether oxygens (including phenoxy) is 3. The smallest absolute Gasteiger partial charge is 0.269 e. The van der Waals surface area contributed by atoms with Crippen LogP contribution in [0.25, 0.3) is 0 Å². The maximum absolute atomic E-state index is 12.0. The Balaban J connectivity index is 1.55. The molecule has 0 aromatic heterocycles. The topological polar surface area (TPSA) is 116 Å². The lowest BCUT2D eigenvalue weighted by Crippen LogP contribution is -2.42. The molecule has 2 aromatic carbocycles. The third kappa shape index (κ3) is 6.76. The number of carbonyl (C=O) groups excluding carboxylic acids is 1. The number of amides is 1. The normalized spacial score (nSPS) is 14.4. The van der Waals surface area contributed by atoms with Gasteiger partial charge in [0.05, 0.1) is 38.0 Å². The molecule has 0 atom stereocenters. The van der Waals surface area contributed by atoms with Gasteiger partial charge in [-0.15, -0.1) is 0 Å². The molecular formula is C21H24N4O6. The number of nitro groups is 1. The standard InChI is InChI=1S/C21H24N4O6/c1-29-20-12-16(13-22-23-21(26)14-24-7-9-30-10-8-24)5-6-19(20)31-15-17-3-2-4-18(11-17)25(27)28/h2-6,11-13H,7-10,14-15H2,1H3,(H,23,26)/b22-13+. The molecule has 0 saturated carbocycles. The van der Waals surface area contributed by atoms with Gasteiger partial charge in [0, 0.05) is 25.2 Å². The van der Waals surface area contributed by atoms with Gasteiger partial charge in [-0.3, -0.25) is 19.8 Å². The van der Waals surface area contributed by atoms with Crippen LogP contribution in [0.5, 0.6) is 11.5 Å². The van der Waals surface area contributed by atoms with Gasteiger partial charge >= 0.3 is 0 Å². The molecule has 0 radical (unpaired) electrons. The fraction of sp³-hybridized carbons (Fsp3) is 0.333. The van der Waals surface area contributed by atoms with Crippen molar-refractivity contribution in [2.75, 3.05) is 40.0 Å². The number of methoxy groups -OCH3 is 1. The van der Waals surface area contributed by atoms with Crippen LogP contribution in [0, 0.1) is 10.1 Å². The van der Waals surface area contributed by atoms with Gasteiger partial charge in [-0.2, -0.15) is 5.10 Å². The zero-order valence-electron chi connectivity index (χ0n) is 17.2. The van der Waals surface area contributed by atoms with Crippen molar-refractivity contribution in [3.8, 4) is 11.5 Å². The average Bonchev–Trinajstić information content (AvgIpc) is 2.79. The number of morpholine rings is 1. The molecule has 0 bridgehead atoms. The van der Waals surface area contributed by atoms with Crippen LogP contribution in [-0.2, 0) is 16.1 Å². The molecule has 164 valence electrons. The zero-order valence-corrected chi connectivity index (χ0v) is 17.2. The summed E-state index contributed by atoms with van der Waals surface area (Å²) in [5, 5.41) is 14.9. The summed E-state index contributed by atoms with van der Waals surface area (Å²) in [6.45, 7) is 3.15. The summed E-state index contributed by atoms with van der Waals surface area (Å²) >= 11 is 0. The molecule has 1 aliphatic rings. The first kappa shape index (κ1) is 22.2. The van der Waals surface area contributed by atoms with Crippen molar-refractivity contribution in [2.24, 2.45) is 5.10 Å². The largest absolute Gasteiger partial charge is 0.493 e. The minimum absolute atomic E-state index is 0.00953. The van der Waals surface area contributed by atoms with E-state index in [1.165, 1.54) is 25.5 Å². The molecule has 10 nitrogen and oxygen atoms in total. The first-order valence-corrected chi connectivity index (χ1v) is 9.71. The molecule has 0 spiro atoms. The number of hydrogen-bond donors (Lipinski definition) is 1. The van der Waals surface area contributed by atoms with Crippen molar-refractivity contribution in [3.63, 3.8) is 0 Å². The van der Waals surface area contributed by atoms with Gasteiger partial charge in [-0.05, 0) is 29.3 Å². The predicted molar refractivity (Wildman–Crippen MR) is 113 cm³/mol. The van der Waals surface area contributed by atoms with Gasteiger partial charge < -0.3 is 14.2 Å². The average molecular weight is 428 g/mol. The monoisotopic (exact) mass is 428 g/mol. The lowest BCUT2D eigenvalue weighted by atomic mass is 10.2. The Morgan fingerprint density at radius 2 is 2.06 bits per heavy atom. The van der Waals surface area contributed by atoms with Gasteiger partial charge in [0.25, 0.3) is 11.6 Å². The molecule has 10 heteroatoms. The van der Waals surface area contributed by atoms with E-state index in [4.69, 9.17) is 14.2 Å². The Morgan fingerprint density at radius 1 is 1.26 bits per heavy atom. The lowest BCUT2D eigenvalue weighted by molar-refractivity contribution is -0.384. The van der Waals surface area contributed by atoms with Crippen LogP contribution >= 0.6 is 0 Å². The van der Waals surface area contributed by atoms with Crippen molar-refractivity contribution in [1.82, 2.24) is 10.3 Å². The Kier molecular flexibility index (Phi) is 7.91. The first-order valence-electron chi connectivity index (χ1n) is 9.71. The molecular weight excluding hydrogens is 404 g/mol. The van der Waals surface area contributed by atoms with Gasteiger partial charge in [0.15, 0.2) is 11.5 Å². The van der Waals surface area contributed by atoms with E-state index < -0.39 is 4.92 Å². The van der Waals surface area contributed by atoms with Crippen LogP contribution in [0.2, 0.25) is 0 Å². The number of hydrazone groups is 1. The van der Waals surface area contributed by atoms with Gasteiger partial charge in [-0.1, -0.05) is 12.1 Å². The fourth-order valence-electron chi connectivity index (χ4n) is 2.98. The number of nitro benzene ring substituents is 1. The third-order valence-electron chi connectivity index (χ3n) is 4.58. The molecule has 1 fully saturated rings. The summed E-state index contributed by atoms with van der Waals surface area (Å²) in [7, 11) is 1.51. The van der Waals surface area contributed by atoms with Crippen molar-refractivity contribution in [1.29, 1.82) is 0 Å². The predicted octanol–water partition coefficient (Wildman–Crippen LogP) is 1.96. The van der Waals surface area contributed by atoms with E-state index in [-0.39, 0.29) is 24.7 Å². The number of benzene rings is 2. The molecule has 1 heterocycles. The van der Waals surface area contributed by atoms with Crippen LogP contribution < -0.4 is 14.9 Å². The van der Waals surface area contributed by atoms with Gasteiger partial charge in [0.1, 0.15) is 6.61 Å². The first-order chi connectivity index (χ1) is 15.0. The van der Waals surface area contributed by atoms with Crippen LogP contribution in [0.1, 0.15) is 11.1 Å². The van der Waals surface area contributed by atoms with Crippen molar-refractivity contribution < 1.29 is 23.9 Å². The minimum Gasteiger partial charge on any atom is -0.493 e. The summed E-state index contributed by atoms with van der Waals surface area (Å²) in [5.74, 6) is 0.776. The summed E-state index contributed by atoms with van der Waals surface area (Å²) < 4.78 is 16.4. The Labute approximate surface area is 179 Å². The summed E-state index contributed by atoms with van der Waals surface area (Å²) in [6, 6.07) is 11.5. The van der Waals surface area contributed by atoms with Crippen molar-refractivity contribution in [2.45, 2.75) is 6.61 Å². The van der Waals surface area contributed by atoms with Crippen molar-refractivity contribution >= 4 is 17.8 Å². The van der Waals surface area contributed by atoms with E-state index in [0.717, 1.165) is 13.1 Å². The highest BCUT2D eigenvalue weighted by atomic mass is 16.6. The van der Waals surface area contributed by atoms with Gasteiger partial charge in [-0.25, -0.2) is 5.43 Å². The highest BCUT2D eigenvalue weighted by Crippen LogP contribution is 2.28. The summed E-state index contributed by atoms with van der Waals surface area (Å²) in [6.07, 6.45) is 1.52.